The summed E-state index contributed by atoms with van der Waals surface area (Å²) in [4.78, 5) is 22.4. The molecule has 0 unspecified atom stereocenters. The Morgan fingerprint density at radius 2 is 1.74 bits per heavy atom. The van der Waals surface area contributed by atoms with Crippen molar-refractivity contribution in [2.45, 2.75) is 37.6 Å². The molecule has 0 aliphatic carbocycles. The number of ether oxygens (including phenoxy) is 3. The number of hydrogen-bond donors (Lipinski definition) is 2. The van der Waals surface area contributed by atoms with Gasteiger partial charge >= 0.3 is 0 Å². The smallest absolute Gasteiger partial charge is 0.252 e. The fraction of sp³-hybridized carbons (Fsp3) is 0.257. The molecule has 12 heteroatoms. The summed E-state index contributed by atoms with van der Waals surface area (Å²) >= 11 is 0. The quantitative estimate of drug-likeness (QED) is 0.0714. The van der Waals surface area contributed by atoms with E-state index in [0.29, 0.717) is 46.8 Å². The van der Waals surface area contributed by atoms with Gasteiger partial charge in [0.25, 0.3) is 5.91 Å². The highest BCUT2D eigenvalue weighted by atomic mass is 19.1. The zero-order valence-corrected chi connectivity index (χ0v) is 25.6. The lowest BCUT2D eigenvalue weighted by atomic mass is 9.80. The number of nitrogens with one attached hydrogen (secondary N) is 1. The van der Waals surface area contributed by atoms with Crippen LogP contribution in [0.3, 0.4) is 0 Å². The zero-order valence-electron chi connectivity index (χ0n) is 25.6. The summed E-state index contributed by atoms with van der Waals surface area (Å²) in [7, 11) is 1.52. The van der Waals surface area contributed by atoms with Gasteiger partial charge in [-0.3, -0.25) is 4.79 Å². The second-order valence-corrected chi connectivity index (χ2v) is 10.8. The molecule has 242 valence electrons. The molecule has 1 aliphatic rings. The Morgan fingerprint density at radius 3 is 2.45 bits per heavy atom. The lowest BCUT2D eigenvalue weighted by Crippen LogP contribution is -2.50. The molecule has 0 saturated heterocycles. The van der Waals surface area contributed by atoms with Gasteiger partial charge in [-0.1, -0.05) is 47.6 Å². The van der Waals surface area contributed by atoms with Crippen molar-refractivity contribution in [2.24, 2.45) is 10.1 Å². The van der Waals surface area contributed by atoms with E-state index < -0.39 is 35.7 Å². The molecule has 4 aromatic rings. The molecule has 1 amide bonds. The molecule has 1 aliphatic heterocycles. The van der Waals surface area contributed by atoms with Crippen molar-refractivity contribution in [3.8, 4) is 11.5 Å². The third-order valence-electron chi connectivity index (χ3n) is 7.80. The number of benzene rings is 4. The van der Waals surface area contributed by atoms with E-state index in [1.54, 1.807) is 66.7 Å². The van der Waals surface area contributed by atoms with Crippen molar-refractivity contribution in [3.63, 3.8) is 0 Å². The second kappa shape index (κ2) is 15.2. The Hall–Kier alpha value is -5.45. The molecule has 0 bridgehead atoms. The van der Waals surface area contributed by atoms with Crippen LogP contribution >= 0.6 is 0 Å². The van der Waals surface area contributed by atoms with Gasteiger partial charge in [0, 0.05) is 42.0 Å². The first-order valence-corrected chi connectivity index (χ1v) is 14.9. The molecule has 2 atom stereocenters. The minimum atomic E-state index is -1.69. The molecule has 47 heavy (non-hydrogen) atoms. The van der Waals surface area contributed by atoms with Crippen LogP contribution in [-0.2, 0) is 29.0 Å². The average molecular weight is 642 g/mol. The van der Waals surface area contributed by atoms with Crippen LogP contribution in [-0.4, -0.2) is 42.8 Å². The van der Waals surface area contributed by atoms with Gasteiger partial charge in [0.15, 0.2) is 11.6 Å². The fourth-order valence-electron chi connectivity index (χ4n) is 5.39. The summed E-state index contributed by atoms with van der Waals surface area (Å²) in [5, 5.41) is 15.5. The van der Waals surface area contributed by atoms with Gasteiger partial charge in [-0.15, -0.1) is 0 Å². The van der Waals surface area contributed by atoms with Crippen LogP contribution in [0.5, 0.6) is 11.5 Å². The number of azide groups is 1. The molecular weight excluding hydrogens is 608 g/mol. The van der Waals surface area contributed by atoms with E-state index >= 15 is 0 Å². The predicted octanol–water partition coefficient (Wildman–Crippen LogP) is 6.36. The number of amides is 1. The maximum atomic E-state index is 14.6. The minimum Gasteiger partial charge on any atom is -0.497 e. The number of carbonyl (C=O) groups is 1. The van der Waals surface area contributed by atoms with Crippen LogP contribution in [0, 0.1) is 11.6 Å². The van der Waals surface area contributed by atoms with E-state index in [2.05, 4.69) is 15.3 Å². The maximum Gasteiger partial charge on any atom is 0.252 e. The topological polar surface area (TPSA) is 138 Å². The third-order valence-corrected chi connectivity index (χ3v) is 7.80. The normalized spacial score (nSPS) is 16.9. The van der Waals surface area contributed by atoms with Gasteiger partial charge in [-0.2, -0.15) is 0 Å². The number of aliphatic imine (C=N–C) groups is 1. The van der Waals surface area contributed by atoms with E-state index in [9.17, 15) is 13.6 Å². The van der Waals surface area contributed by atoms with Gasteiger partial charge in [0.1, 0.15) is 23.1 Å². The fourth-order valence-corrected chi connectivity index (χ4v) is 5.39. The highest BCUT2D eigenvalue weighted by Crippen LogP contribution is 2.44. The van der Waals surface area contributed by atoms with Crippen molar-refractivity contribution < 1.29 is 32.9 Å². The Bertz CT molecular complexity index is 1780. The lowest BCUT2D eigenvalue weighted by Gasteiger charge is -2.31. The van der Waals surface area contributed by atoms with Crippen LogP contribution in [0.4, 0.5) is 8.78 Å². The summed E-state index contributed by atoms with van der Waals surface area (Å²) in [6.45, 7) is -0.0563. The number of rotatable bonds is 14. The first-order chi connectivity index (χ1) is 22.9. The molecule has 4 aromatic carbocycles. The van der Waals surface area contributed by atoms with Crippen LogP contribution in [0.1, 0.15) is 40.3 Å². The van der Waals surface area contributed by atoms with Crippen LogP contribution < -0.4 is 14.8 Å². The monoisotopic (exact) mass is 641 g/mol. The number of methoxy groups -OCH3 is 1. The molecule has 2 N–H and O–H groups in total. The molecule has 1 heterocycles. The molecule has 0 fully saturated rings. The number of carbonyl (C=O) groups excluding carboxylic acids is 1. The lowest BCUT2D eigenvalue weighted by molar-refractivity contribution is -0.129. The largest absolute Gasteiger partial charge is 0.497 e. The van der Waals surface area contributed by atoms with E-state index in [1.807, 2.05) is 6.07 Å². The van der Waals surface area contributed by atoms with Crippen molar-refractivity contribution in [3.05, 3.63) is 141 Å². The number of hydrogen-bond acceptors (Lipinski definition) is 7. The zero-order chi connectivity index (χ0) is 33.2. The molecule has 5 rings (SSSR count). The average Bonchev–Trinajstić information content (AvgIpc) is 3.48. The van der Waals surface area contributed by atoms with Crippen molar-refractivity contribution in [2.75, 3.05) is 20.3 Å². The number of aliphatic hydroxyl groups excluding tert-OH is 1. The van der Waals surface area contributed by atoms with Crippen molar-refractivity contribution in [1.82, 2.24) is 5.32 Å². The van der Waals surface area contributed by atoms with Gasteiger partial charge in [-0.25, -0.2) is 13.8 Å². The van der Waals surface area contributed by atoms with Gasteiger partial charge < -0.3 is 24.6 Å². The van der Waals surface area contributed by atoms with E-state index in [-0.39, 0.29) is 31.0 Å². The Labute approximate surface area is 270 Å². The molecule has 10 nitrogen and oxygen atoms in total. The standard InChI is InChI=1S/C35H33F2N5O5/c1-45-28-10-4-9-24(19-28)32-35(20-25-7-2-3-8-26(25)21-40-42-38,34(44)39-22-29-30(36)11-5-12-31(29)37)41-33(47-32)23-13-15-27(16-14-23)46-18-6-17-43/h2-5,7-16,19,32,43H,6,17-18,20-22H2,1H3,(H,39,44)/t32-,35-/m1/s1. The van der Waals surface area contributed by atoms with E-state index in [1.165, 1.54) is 13.2 Å². The first kappa shape index (κ1) is 32.9. The summed E-state index contributed by atoms with van der Waals surface area (Å²) in [5.41, 5.74) is 9.50. The van der Waals surface area contributed by atoms with Gasteiger partial charge in [-0.05, 0) is 70.8 Å². The Kier molecular flexibility index (Phi) is 10.7. The molecule has 0 radical (unpaired) electrons. The van der Waals surface area contributed by atoms with Crippen LogP contribution in [0.15, 0.2) is 101 Å². The summed E-state index contributed by atoms with van der Waals surface area (Å²) in [6.07, 6.45) is -0.537. The summed E-state index contributed by atoms with van der Waals surface area (Å²) < 4.78 is 46.9. The minimum absolute atomic E-state index is 0.00802. The van der Waals surface area contributed by atoms with E-state index in [0.717, 1.165) is 12.1 Å². The highest BCUT2D eigenvalue weighted by Gasteiger charge is 2.53. The van der Waals surface area contributed by atoms with Crippen LogP contribution in [0.2, 0.25) is 0 Å². The SMILES string of the molecule is COc1cccc([C@H]2OC(c3ccc(OCCCO)cc3)=N[C@@]2(Cc2ccccc2CN=[N+]=[N-])C(=O)NCc2c(F)cccc2F)c1. The summed E-state index contributed by atoms with van der Waals surface area (Å²) in [6, 6.07) is 24.7. The summed E-state index contributed by atoms with van der Waals surface area (Å²) in [5.74, 6) is -0.957. The number of aliphatic hydroxyl groups is 1. The van der Waals surface area contributed by atoms with Crippen molar-refractivity contribution >= 4 is 11.8 Å². The van der Waals surface area contributed by atoms with Gasteiger partial charge in [0.2, 0.25) is 5.90 Å². The van der Waals surface area contributed by atoms with Gasteiger partial charge in [0.05, 0.1) is 20.3 Å². The second-order valence-electron chi connectivity index (χ2n) is 10.8. The maximum absolute atomic E-state index is 14.6. The molecule has 0 saturated carbocycles. The third kappa shape index (κ3) is 7.51. The molecular formula is C35H33F2N5O5. The molecule has 0 spiro atoms. The number of halogens is 2. The van der Waals surface area contributed by atoms with E-state index in [4.69, 9.17) is 29.8 Å². The molecule has 0 aromatic heterocycles. The van der Waals surface area contributed by atoms with Crippen molar-refractivity contribution in [1.29, 1.82) is 0 Å². The Balaban J connectivity index is 1.62. The predicted molar refractivity (Wildman–Crippen MR) is 171 cm³/mol. The number of nitrogens with zero attached hydrogens (tertiary/aromatic N) is 4. The highest BCUT2D eigenvalue weighted by molar-refractivity contribution is 6.01. The van der Waals surface area contributed by atoms with Crippen LogP contribution in [0.25, 0.3) is 10.4 Å². The first-order valence-electron chi connectivity index (χ1n) is 14.9. The Morgan fingerprint density at radius 1 is 1.02 bits per heavy atom.